The van der Waals surface area contributed by atoms with Gasteiger partial charge in [0, 0.05) is 30.7 Å². The quantitative estimate of drug-likeness (QED) is 0.758. The normalized spacial score (nSPS) is 37.0. The third kappa shape index (κ3) is 2.02. The van der Waals surface area contributed by atoms with Crippen LogP contribution < -0.4 is 0 Å². The molecule has 2 atom stereocenters. The van der Waals surface area contributed by atoms with Crippen LogP contribution in [-0.4, -0.2) is 47.1 Å². The number of rotatable bonds is 3. The van der Waals surface area contributed by atoms with Crippen molar-refractivity contribution in [3.63, 3.8) is 0 Å². The van der Waals surface area contributed by atoms with Crippen LogP contribution in [0.4, 0.5) is 0 Å². The lowest BCUT2D eigenvalue weighted by molar-refractivity contribution is -0.0873. The SMILES string of the molecule is CCC1CN2CCCCC2CN1C1(CC)CCC1. The maximum atomic E-state index is 2.95. The highest BCUT2D eigenvalue weighted by Gasteiger charge is 2.47. The van der Waals surface area contributed by atoms with E-state index in [4.69, 9.17) is 0 Å². The van der Waals surface area contributed by atoms with Crippen LogP contribution in [-0.2, 0) is 0 Å². The first-order chi connectivity index (χ1) is 8.79. The van der Waals surface area contributed by atoms with E-state index in [-0.39, 0.29) is 0 Å². The number of fused-ring (bicyclic) bond motifs is 1. The Kier molecular flexibility index (Phi) is 3.68. The summed E-state index contributed by atoms with van der Waals surface area (Å²) in [7, 11) is 0. The van der Waals surface area contributed by atoms with Crippen LogP contribution in [0.5, 0.6) is 0 Å². The summed E-state index contributed by atoms with van der Waals surface area (Å²) in [6.45, 7) is 8.90. The van der Waals surface area contributed by atoms with Crippen LogP contribution >= 0.6 is 0 Å². The van der Waals surface area contributed by atoms with Crippen molar-refractivity contribution in [1.29, 1.82) is 0 Å². The number of nitrogens with zero attached hydrogens (tertiary/aromatic N) is 2. The smallest absolute Gasteiger partial charge is 0.0226 e. The topological polar surface area (TPSA) is 6.48 Å². The molecule has 0 spiro atoms. The van der Waals surface area contributed by atoms with Crippen molar-refractivity contribution in [2.45, 2.75) is 82.8 Å². The molecule has 3 rings (SSSR count). The molecule has 2 nitrogen and oxygen atoms in total. The lowest BCUT2D eigenvalue weighted by Crippen LogP contribution is -2.67. The molecular weight excluding hydrogens is 220 g/mol. The van der Waals surface area contributed by atoms with Gasteiger partial charge in [-0.15, -0.1) is 0 Å². The maximum absolute atomic E-state index is 2.95. The standard InChI is InChI=1S/C16H30N2/c1-3-14-12-17-11-6-5-8-15(17)13-18(14)16(4-2)9-7-10-16/h14-15H,3-13H2,1-2H3. The van der Waals surface area contributed by atoms with Crippen LogP contribution in [0.15, 0.2) is 0 Å². The van der Waals surface area contributed by atoms with Gasteiger partial charge in [0.05, 0.1) is 0 Å². The third-order valence-corrected chi connectivity index (χ3v) is 6.07. The molecule has 0 N–H and O–H groups in total. The average Bonchev–Trinajstić information content (AvgIpc) is 2.37. The highest BCUT2D eigenvalue weighted by molar-refractivity contribution is 5.03. The van der Waals surface area contributed by atoms with Crippen LogP contribution in [0.3, 0.4) is 0 Å². The third-order valence-electron chi connectivity index (χ3n) is 6.07. The molecular formula is C16H30N2. The molecule has 0 amide bonds. The summed E-state index contributed by atoms with van der Waals surface area (Å²) < 4.78 is 0. The highest BCUT2D eigenvalue weighted by atomic mass is 15.3. The van der Waals surface area contributed by atoms with Gasteiger partial charge in [0.2, 0.25) is 0 Å². The zero-order valence-corrected chi connectivity index (χ0v) is 12.3. The van der Waals surface area contributed by atoms with Gasteiger partial charge in [0.15, 0.2) is 0 Å². The molecule has 3 aliphatic rings. The van der Waals surface area contributed by atoms with E-state index in [1.54, 1.807) is 0 Å². The van der Waals surface area contributed by atoms with Crippen molar-refractivity contribution in [2.24, 2.45) is 0 Å². The zero-order chi connectivity index (χ0) is 12.6. The van der Waals surface area contributed by atoms with E-state index in [0.29, 0.717) is 5.54 Å². The monoisotopic (exact) mass is 250 g/mol. The van der Waals surface area contributed by atoms with Crippen molar-refractivity contribution < 1.29 is 0 Å². The predicted octanol–water partition coefficient (Wildman–Crippen LogP) is 3.27. The number of piperidine rings is 1. The van der Waals surface area contributed by atoms with E-state index in [1.807, 2.05) is 0 Å². The van der Waals surface area contributed by atoms with Gasteiger partial charge < -0.3 is 0 Å². The molecule has 2 heteroatoms. The van der Waals surface area contributed by atoms with Gasteiger partial charge in [-0.05, 0) is 51.5 Å². The molecule has 0 bridgehead atoms. The van der Waals surface area contributed by atoms with Crippen LogP contribution in [0.1, 0.15) is 65.2 Å². The largest absolute Gasteiger partial charge is 0.298 e. The Morgan fingerprint density at radius 1 is 1.06 bits per heavy atom. The second-order valence-corrected chi connectivity index (χ2v) is 6.79. The summed E-state index contributed by atoms with van der Waals surface area (Å²) in [4.78, 5) is 5.75. The Balaban J connectivity index is 1.75. The van der Waals surface area contributed by atoms with Gasteiger partial charge in [-0.2, -0.15) is 0 Å². The van der Waals surface area contributed by atoms with Gasteiger partial charge in [0.1, 0.15) is 0 Å². The Labute approximate surface area is 113 Å². The summed E-state index contributed by atoms with van der Waals surface area (Å²) in [6, 6.07) is 1.71. The van der Waals surface area contributed by atoms with Crippen molar-refractivity contribution in [3.05, 3.63) is 0 Å². The molecule has 0 radical (unpaired) electrons. The molecule has 2 heterocycles. The summed E-state index contributed by atoms with van der Waals surface area (Å²) in [5.74, 6) is 0. The summed E-state index contributed by atoms with van der Waals surface area (Å²) >= 11 is 0. The first kappa shape index (κ1) is 12.9. The van der Waals surface area contributed by atoms with Crippen LogP contribution in [0.25, 0.3) is 0 Å². The minimum Gasteiger partial charge on any atom is -0.298 e. The molecule has 2 saturated heterocycles. The second kappa shape index (κ2) is 5.13. The number of hydrogen-bond donors (Lipinski definition) is 0. The summed E-state index contributed by atoms with van der Waals surface area (Å²) in [6.07, 6.45) is 11.5. The Morgan fingerprint density at radius 2 is 1.89 bits per heavy atom. The van der Waals surface area contributed by atoms with E-state index in [9.17, 15) is 0 Å². The van der Waals surface area contributed by atoms with E-state index in [0.717, 1.165) is 12.1 Å². The predicted molar refractivity (Wildman–Crippen MR) is 76.9 cm³/mol. The number of piperazine rings is 1. The van der Waals surface area contributed by atoms with Gasteiger partial charge >= 0.3 is 0 Å². The second-order valence-electron chi connectivity index (χ2n) is 6.79. The minimum atomic E-state index is 0.601. The van der Waals surface area contributed by atoms with E-state index in [1.165, 1.54) is 71.0 Å². The van der Waals surface area contributed by atoms with E-state index >= 15 is 0 Å². The highest BCUT2D eigenvalue weighted by Crippen LogP contribution is 2.44. The summed E-state index contributed by atoms with van der Waals surface area (Å²) in [5.41, 5.74) is 0.601. The Hall–Kier alpha value is -0.0800. The molecule has 0 aromatic carbocycles. The Bertz CT molecular complexity index is 279. The fourth-order valence-corrected chi connectivity index (χ4v) is 4.61. The van der Waals surface area contributed by atoms with Crippen molar-refractivity contribution in [1.82, 2.24) is 9.80 Å². The van der Waals surface area contributed by atoms with Crippen molar-refractivity contribution >= 4 is 0 Å². The zero-order valence-electron chi connectivity index (χ0n) is 12.3. The van der Waals surface area contributed by atoms with Gasteiger partial charge in [-0.3, -0.25) is 9.80 Å². The first-order valence-electron chi connectivity index (χ1n) is 8.30. The fraction of sp³-hybridized carbons (Fsp3) is 1.00. The summed E-state index contributed by atoms with van der Waals surface area (Å²) in [5, 5.41) is 0. The van der Waals surface area contributed by atoms with Crippen molar-refractivity contribution in [2.75, 3.05) is 19.6 Å². The van der Waals surface area contributed by atoms with Gasteiger partial charge in [-0.1, -0.05) is 20.3 Å². The molecule has 0 aromatic heterocycles. The van der Waals surface area contributed by atoms with Gasteiger partial charge in [-0.25, -0.2) is 0 Å². The molecule has 2 aliphatic heterocycles. The fourth-order valence-electron chi connectivity index (χ4n) is 4.61. The van der Waals surface area contributed by atoms with E-state index < -0.39 is 0 Å². The molecule has 3 fully saturated rings. The molecule has 18 heavy (non-hydrogen) atoms. The van der Waals surface area contributed by atoms with Crippen LogP contribution in [0.2, 0.25) is 0 Å². The lowest BCUT2D eigenvalue weighted by atomic mass is 9.71. The first-order valence-corrected chi connectivity index (χ1v) is 8.30. The molecule has 0 aromatic rings. The number of hydrogen-bond acceptors (Lipinski definition) is 2. The van der Waals surface area contributed by atoms with Gasteiger partial charge in [0.25, 0.3) is 0 Å². The molecule has 104 valence electrons. The molecule has 1 saturated carbocycles. The Morgan fingerprint density at radius 3 is 2.50 bits per heavy atom. The maximum Gasteiger partial charge on any atom is 0.0226 e. The lowest BCUT2D eigenvalue weighted by Gasteiger charge is -2.59. The van der Waals surface area contributed by atoms with E-state index in [2.05, 4.69) is 23.6 Å². The average molecular weight is 250 g/mol. The van der Waals surface area contributed by atoms with Crippen LogP contribution in [0, 0.1) is 0 Å². The van der Waals surface area contributed by atoms with Crippen molar-refractivity contribution in [3.8, 4) is 0 Å². The molecule has 1 aliphatic carbocycles. The minimum absolute atomic E-state index is 0.601. The molecule has 2 unspecified atom stereocenters.